The van der Waals surface area contributed by atoms with Crippen LogP contribution in [-0.4, -0.2) is 39.5 Å². The van der Waals surface area contributed by atoms with Gasteiger partial charge < -0.3 is 10.1 Å². The van der Waals surface area contributed by atoms with Crippen LogP contribution in [0.15, 0.2) is 6.07 Å². The Bertz CT molecular complexity index is 411. The van der Waals surface area contributed by atoms with Crippen LogP contribution in [0, 0.1) is 12.3 Å². The topological polar surface area (TPSA) is 65.1 Å². The molecule has 0 aliphatic carbocycles. The molecule has 0 spiro atoms. The predicted octanol–water partition coefficient (Wildman–Crippen LogP) is 0.461. The van der Waals surface area contributed by atoms with Crippen LogP contribution in [0.1, 0.15) is 5.69 Å². The molecule has 1 aromatic heterocycles. The van der Waals surface area contributed by atoms with Crippen LogP contribution in [-0.2, 0) is 0 Å². The summed E-state index contributed by atoms with van der Waals surface area (Å²) < 4.78 is 0.794. The van der Waals surface area contributed by atoms with Gasteiger partial charge in [0, 0.05) is 30.7 Å². The first kappa shape index (κ1) is 10.4. The molecule has 0 amide bonds. The number of aryl methyl sites for hydroxylation is 1. The van der Waals surface area contributed by atoms with Crippen molar-refractivity contribution in [1.82, 2.24) is 9.71 Å². The summed E-state index contributed by atoms with van der Waals surface area (Å²) in [5.74, 6) is 2.99. The zero-order chi connectivity index (χ0) is 10.8. The summed E-state index contributed by atoms with van der Waals surface area (Å²) in [6, 6.07) is 1.81. The molecule has 6 heteroatoms. The van der Waals surface area contributed by atoms with E-state index in [1.807, 2.05) is 17.8 Å². The molecule has 82 valence electrons. The third kappa shape index (κ3) is 2.09. The van der Waals surface area contributed by atoms with E-state index in [2.05, 4.69) is 9.88 Å². The monoisotopic (exact) mass is 226 g/mol. The number of hydrogen-bond acceptors (Lipinski definition) is 5. The lowest BCUT2D eigenvalue weighted by Crippen LogP contribution is -2.35. The van der Waals surface area contributed by atoms with Gasteiger partial charge >= 0.3 is 0 Å². The molecule has 15 heavy (non-hydrogen) atoms. The Kier molecular flexibility index (Phi) is 2.86. The summed E-state index contributed by atoms with van der Waals surface area (Å²) in [6.45, 7) is 3.69. The van der Waals surface area contributed by atoms with E-state index in [-0.39, 0.29) is 5.62 Å². The van der Waals surface area contributed by atoms with Crippen LogP contribution in [0.5, 0.6) is 0 Å². The second-order valence-corrected chi connectivity index (χ2v) is 4.72. The molecule has 0 unspecified atom stereocenters. The standard InChI is InChI=1S/C9H14N4OS/c1-7-6-8(11-9(10)13(7)14)12-2-4-15-5-3-12/h6,10,14H,2-5H2,1H3. The second-order valence-electron chi connectivity index (χ2n) is 3.49. The minimum atomic E-state index is -0.108. The summed E-state index contributed by atoms with van der Waals surface area (Å²) in [5.41, 5.74) is 0.534. The average molecular weight is 226 g/mol. The van der Waals surface area contributed by atoms with Gasteiger partial charge in [-0.3, -0.25) is 5.41 Å². The molecule has 2 heterocycles. The number of aromatic nitrogens is 2. The molecule has 1 saturated heterocycles. The normalized spacial score (nSPS) is 16.7. The van der Waals surface area contributed by atoms with Gasteiger partial charge in [0.25, 0.3) is 5.62 Å². The van der Waals surface area contributed by atoms with Crippen molar-refractivity contribution in [2.45, 2.75) is 6.92 Å². The fourth-order valence-electron chi connectivity index (χ4n) is 1.56. The Hall–Kier alpha value is -1.17. The van der Waals surface area contributed by atoms with Crippen molar-refractivity contribution in [2.24, 2.45) is 0 Å². The lowest BCUT2D eigenvalue weighted by atomic mass is 10.4. The van der Waals surface area contributed by atoms with Crippen LogP contribution in [0.2, 0.25) is 0 Å². The van der Waals surface area contributed by atoms with E-state index in [0.29, 0.717) is 5.69 Å². The Morgan fingerprint density at radius 3 is 2.73 bits per heavy atom. The first-order valence-electron chi connectivity index (χ1n) is 4.86. The summed E-state index contributed by atoms with van der Waals surface area (Å²) in [5, 5.41) is 16.9. The van der Waals surface area contributed by atoms with Gasteiger partial charge in [-0.05, 0) is 6.92 Å². The van der Waals surface area contributed by atoms with Crippen molar-refractivity contribution in [3.63, 3.8) is 0 Å². The van der Waals surface area contributed by atoms with E-state index in [1.54, 1.807) is 6.92 Å². The molecule has 1 aliphatic heterocycles. The van der Waals surface area contributed by atoms with E-state index in [9.17, 15) is 5.21 Å². The Morgan fingerprint density at radius 2 is 2.13 bits per heavy atom. The molecule has 0 atom stereocenters. The first-order chi connectivity index (χ1) is 7.18. The van der Waals surface area contributed by atoms with Crippen molar-refractivity contribution in [3.8, 4) is 0 Å². The van der Waals surface area contributed by atoms with E-state index >= 15 is 0 Å². The first-order valence-corrected chi connectivity index (χ1v) is 6.01. The van der Waals surface area contributed by atoms with Gasteiger partial charge in [-0.1, -0.05) is 0 Å². The molecule has 1 aliphatic rings. The maximum absolute atomic E-state index is 9.37. The van der Waals surface area contributed by atoms with Gasteiger partial charge in [0.15, 0.2) is 0 Å². The molecule has 0 bridgehead atoms. The van der Waals surface area contributed by atoms with Gasteiger partial charge in [-0.25, -0.2) is 0 Å². The summed E-state index contributed by atoms with van der Waals surface area (Å²) in [4.78, 5) is 6.21. The molecule has 5 nitrogen and oxygen atoms in total. The Labute approximate surface area is 92.2 Å². The van der Waals surface area contributed by atoms with E-state index in [0.717, 1.165) is 35.1 Å². The minimum Gasteiger partial charge on any atom is -0.425 e. The molecule has 0 aromatic carbocycles. The highest BCUT2D eigenvalue weighted by molar-refractivity contribution is 7.99. The van der Waals surface area contributed by atoms with E-state index < -0.39 is 0 Å². The number of hydrogen-bond donors (Lipinski definition) is 2. The Balaban J connectivity index is 2.32. The molecular weight excluding hydrogens is 212 g/mol. The summed E-state index contributed by atoms with van der Waals surface area (Å²) in [6.07, 6.45) is 0. The van der Waals surface area contributed by atoms with E-state index in [1.165, 1.54) is 0 Å². The molecule has 2 rings (SSSR count). The summed E-state index contributed by atoms with van der Waals surface area (Å²) >= 11 is 1.93. The third-order valence-corrected chi connectivity index (χ3v) is 3.37. The highest BCUT2D eigenvalue weighted by Crippen LogP contribution is 2.16. The molecule has 2 N–H and O–H groups in total. The highest BCUT2D eigenvalue weighted by atomic mass is 32.2. The second kappa shape index (κ2) is 4.14. The molecule has 0 radical (unpaired) electrons. The zero-order valence-corrected chi connectivity index (χ0v) is 9.42. The molecule has 0 saturated carbocycles. The van der Waals surface area contributed by atoms with Gasteiger partial charge in [-0.15, -0.1) is 0 Å². The van der Waals surface area contributed by atoms with Gasteiger partial charge in [-0.2, -0.15) is 21.5 Å². The van der Waals surface area contributed by atoms with Gasteiger partial charge in [0.2, 0.25) is 0 Å². The van der Waals surface area contributed by atoms with Crippen LogP contribution < -0.4 is 10.5 Å². The largest absolute Gasteiger partial charge is 0.425 e. The third-order valence-electron chi connectivity index (χ3n) is 2.43. The number of nitrogens with one attached hydrogen (secondary N) is 1. The number of anilines is 1. The fraction of sp³-hybridized carbons (Fsp3) is 0.556. The van der Waals surface area contributed by atoms with Crippen molar-refractivity contribution in [1.29, 1.82) is 5.41 Å². The van der Waals surface area contributed by atoms with Crippen LogP contribution in [0.25, 0.3) is 0 Å². The molecular formula is C9H14N4OS. The number of nitrogens with zero attached hydrogens (tertiary/aromatic N) is 3. The lowest BCUT2D eigenvalue weighted by Gasteiger charge is -2.27. The Morgan fingerprint density at radius 1 is 1.47 bits per heavy atom. The van der Waals surface area contributed by atoms with Gasteiger partial charge in [0.05, 0.1) is 5.69 Å². The molecule has 1 aromatic rings. The molecule has 1 fully saturated rings. The van der Waals surface area contributed by atoms with Crippen LogP contribution in [0.3, 0.4) is 0 Å². The maximum Gasteiger partial charge on any atom is 0.257 e. The maximum atomic E-state index is 9.37. The SMILES string of the molecule is Cc1cc(N2CCSCC2)nc(=N)n1O. The highest BCUT2D eigenvalue weighted by Gasteiger charge is 2.13. The lowest BCUT2D eigenvalue weighted by molar-refractivity contribution is 0.158. The zero-order valence-electron chi connectivity index (χ0n) is 8.60. The smallest absolute Gasteiger partial charge is 0.257 e. The van der Waals surface area contributed by atoms with Gasteiger partial charge in [0.1, 0.15) is 5.82 Å². The number of thioether (sulfide) groups is 1. The van der Waals surface area contributed by atoms with Crippen LogP contribution in [0.4, 0.5) is 5.82 Å². The van der Waals surface area contributed by atoms with Crippen LogP contribution >= 0.6 is 11.8 Å². The average Bonchev–Trinajstić information content (AvgIpc) is 2.26. The number of rotatable bonds is 1. The minimum absolute atomic E-state index is 0.108. The quantitative estimate of drug-likeness (QED) is 0.683. The van der Waals surface area contributed by atoms with Crippen molar-refractivity contribution in [2.75, 3.05) is 29.5 Å². The van der Waals surface area contributed by atoms with Crippen molar-refractivity contribution < 1.29 is 5.21 Å². The van der Waals surface area contributed by atoms with Crippen molar-refractivity contribution in [3.05, 3.63) is 17.4 Å². The van der Waals surface area contributed by atoms with Crippen molar-refractivity contribution >= 4 is 17.6 Å². The predicted molar refractivity (Wildman–Crippen MR) is 59.5 cm³/mol. The van der Waals surface area contributed by atoms with E-state index in [4.69, 9.17) is 5.41 Å². The fourth-order valence-corrected chi connectivity index (χ4v) is 2.46. The summed E-state index contributed by atoms with van der Waals surface area (Å²) in [7, 11) is 0.